The molecule has 112 valence electrons. The number of likely N-dealkylation sites (N-methyl/N-ethyl adjacent to an activating group) is 1. The number of carbonyl (C=O) groups excluding carboxylic acids is 1. The average Bonchev–Trinajstić information content (AvgIpc) is 2.46. The molecular weight excluding hydrogens is 259 g/mol. The highest BCUT2D eigenvalue weighted by atomic mass is 19.1. The average molecular weight is 282 g/mol. The van der Waals surface area contributed by atoms with E-state index in [1.807, 2.05) is 18.9 Å². The number of anilines is 1. The van der Waals surface area contributed by atoms with Gasteiger partial charge in [0.2, 0.25) is 0 Å². The number of hydrogen-bond donors (Lipinski definition) is 1. The Balaban J connectivity index is 2.50. The number of methoxy groups -OCH3 is 1. The van der Waals surface area contributed by atoms with Crippen molar-refractivity contribution >= 4 is 11.7 Å². The molecule has 0 aliphatic rings. The van der Waals surface area contributed by atoms with Crippen LogP contribution in [0.4, 0.5) is 10.1 Å². The van der Waals surface area contributed by atoms with E-state index in [0.717, 1.165) is 18.7 Å². The first-order valence-electron chi connectivity index (χ1n) is 6.67. The standard InChI is InChI=1S/C15H23FN2O2/c1-15(17-2,14(19)20-4)10-5-11-18(3)13-8-6-12(16)7-9-13/h6-9,17H,5,10-11H2,1-4H3. The van der Waals surface area contributed by atoms with Crippen LogP contribution in [0.1, 0.15) is 19.8 Å². The fourth-order valence-corrected chi connectivity index (χ4v) is 2.05. The largest absolute Gasteiger partial charge is 0.468 e. The molecule has 0 amide bonds. The molecule has 0 radical (unpaired) electrons. The van der Waals surface area contributed by atoms with Gasteiger partial charge in [-0.05, 0) is 51.1 Å². The SMILES string of the molecule is CNC(C)(CCCN(C)c1ccc(F)cc1)C(=O)OC. The molecule has 20 heavy (non-hydrogen) atoms. The van der Waals surface area contributed by atoms with E-state index in [2.05, 4.69) is 5.32 Å². The topological polar surface area (TPSA) is 41.6 Å². The number of nitrogens with one attached hydrogen (secondary N) is 1. The van der Waals surface area contributed by atoms with Gasteiger partial charge in [-0.15, -0.1) is 0 Å². The van der Waals surface area contributed by atoms with Crippen LogP contribution >= 0.6 is 0 Å². The Labute approximate surface area is 119 Å². The summed E-state index contributed by atoms with van der Waals surface area (Å²) < 4.78 is 17.7. The first kappa shape index (κ1) is 16.4. The molecule has 0 aliphatic carbocycles. The number of carbonyl (C=O) groups is 1. The summed E-state index contributed by atoms with van der Waals surface area (Å²) in [5, 5.41) is 3.01. The Morgan fingerprint density at radius 1 is 1.40 bits per heavy atom. The summed E-state index contributed by atoms with van der Waals surface area (Å²) in [6, 6.07) is 6.37. The van der Waals surface area contributed by atoms with Crippen molar-refractivity contribution in [2.24, 2.45) is 0 Å². The molecule has 0 bridgehead atoms. The van der Waals surface area contributed by atoms with Gasteiger partial charge in [-0.2, -0.15) is 0 Å². The molecule has 0 aliphatic heterocycles. The minimum atomic E-state index is -0.668. The fraction of sp³-hybridized carbons (Fsp3) is 0.533. The van der Waals surface area contributed by atoms with E-state index in [-0.39, 0.29) is 11.8 Å². The molecule has 5 heteroatoms. The molecule has 1 N–H and O–H groups in total. The van der Waals surface area contributed by atoms with E-state index >= 15 is 0 Å². The second-order valence-corrected chi connectivity index (χ2v) is 5.08. The van der Waals surface area contributed by atoms with Gasteiger partial charge in [-0.3, -0.25) is 4.79 Å². The summed E-state index contributed by atoms with van der Waals surface area (Å²) in [5.74, 6) is -0.500. The van der Waals surface area contributed by atoms with Gasteiger partial charge in [0.25, 0.3) is 0 Å². The van der Waals surface area contributed by atoms with E-state index < -0.39 is 5.54 Å². The molecule has 0 aromatic heterocycles. The third kappa shape index (κ3) is 4.20. The maximum Gasteiger partial charge on any atom is 0.325 e. The van der Waals surface area contributed by atoms with Crippen LogP contribution in [-0.2, 0) is 9.53 Å². The first-order valence-corrected chi connectivity index (χ1v) is 6.67. The van der Waals surface area contributed by atoms with Crippen LogP contribution < -0.4 is 10.2 Å². The smallest absolute Gasteiger partial charge is 0.325 e. The van der Waals surface area contributed by atoms with Crippen molar-refractivity contribution in [2.45, 2.75) is 25.3 Å². The van der Waals surface area contributed by atoms with Gasteiger partial charge in [0.15, 0.2) is 0 Å². The predicted octanol–water partition coefficient (Wildman–Crippen LogP) is 2.19. The predicted molar refractivity (Wildman–Crippen MR) is 78.4 cm³/mol. The Kier molecular flexibility index (Phi) is 5.95. The molecular formula is C15H23FN2O2. The molecule has 4 nitrogen and oxygen atoms in total. The summed E-state index contributed by atoms with van der Waals surface area (Å²) in [6.45, 7) is 2.61. The number of rotatable bonds is 7. The molecule has 0 saturated carbocycles. The minimum Gasteiger partial charge on any atom is -0.468 e. The van der Waals surface area contributed by atoms with Gasteiger partial charge in [-0.25, -0.2) is 4.39 Å². The van der Waals surface area contributed by atoms with Gasteiger partial charge in [0.05, 0.1) is 7.11 Å². The van der Waals surface area contributed by atoms with Gasteiger partial charge in [0, 0.05) is 19.3 Å². The normalized spacial score (nSPS) is 13.7. The van der Waals surface area contributed by atoms with Crippen LogP contribution in [0.5, 0.6) is 0 Å². The summed E-state index contributed by atoms with van der Waals surface area (Å²) in [6.07, 6.45) is 1.49. The molecule has 0 spiro atoms. The molecule has 1 aromatic rings. The molecule has 1 unspecified atom stereocenters. The molecule has 1 atom stereocenters. The van der Waals surface area contributed by atoms with Crippen molar-refractivity contribution in [3.05, 3.63) is 30.1 Å². The number of esters is 1. The quantitative estimate of drug-likeness (QED) is 0.778. The lowest BCUT2D eigenvalue weighted by Gasteiger charge is -2.27. The Morgan fingerprint density at radius 2 is 2.00 bits per heavy atom. The van der Waals surface area contributed by atoms with Crippen LogP contribution in [0.3, 0.4) is 0 Å². The number of hydrogen-bond acceptors (Lipinski definition) is 4. The second-order valence-electron chi connectivity index (χ2n) is 5.08. The highest BCUT2D eigenvalue weighted by Gasteiger charge is 2.31. The van der Waals surface area contributed by atoms with Crippen LogP contribution in [0.2, 0.25) is 0 Å². The van der Waals surface area contributed by atoms with E-state index in [1.54, 1.807) is 19.2 Å². The molecule has 1 rings (SSSR count). The fourth-order valence-electron chi connectivity index (χ4n) is 2.05. The molecule has 0 fully saturated rings. The van der Waals surface area contributed by atoms with Crippen molar-refractivity contribution in [1.29, 1.82) is 0 Å². The van der Waals surface area contributed by atoms with E-state index in [0.29, 0.717) is 6.42 Å². The van der Waals surface area contributed by atoms with E-state index in [9.17, 15) is 9.18 Å². The van der Waals surface area contributed by atoms with E-state index in [1.165, 1.54) is 19.2 Å². The highest BCUT2D eigenvalue weighted by molar-refractivity contribution is 5.80. The number of ether oxygens (including phenoxy) is 1. The van der Waals surface area contributed by atoms with Crippen molar-refractivity contribution in [1.82, 2.24) is 5.32 Å². The number of benzene rings is 1. The third-order valence-electron chi connectivity index (χ3n) is 3.63. The summed E-state index contributed by atoms with van der Waals surface area (Å²) in [4.78, 5) is 13.7. The zero-order chi connectivity index (χ0) is 15.2. The summed E-state index contributed by atoms with van der Waals surface area (Å²) >= 11 is 0. The van der Waals surface area contributed by atoms with Gasteiger partial charge >= 0.3 is 5.97 Å². The zero-order valence-corrected chi connectivity index (χ0v) is 12.6. The van der Waals surface area contributed by atoms with Crippen molar-refractivity contribution < 1.29 is 13.9 Å². The Morgan fingerprint density at radius 3 is 2.50 bits per heavy atom. The van der Waals surface area contributed by atoms with Crippen molar-refractivity contribution in [3.63, 3.8) is 0 Å². The molecule has 0 saturated heterocycles. The Bertz CT molecular complexity index is 436. The lowest BCUT2D eigenvalue weighted by molar-refractivity contribution is -0.148. The Hall–Kier alpha value is -1.62. The number of halogens is 1. The van der Waals surface area contributed by atoms with Crippen LogP contribution in [0, 0.1) is 5.82 Å². The lowest BCUT2D eigenvalue weighted by atomic mass is 9.96. The maximum absolute atomic E-state index is 12.9. The van der Waals surface area contributed by atoms with E-state index in [4.69, 9.17) is 4.74 Å². The van der Waals surface area contributed by atoms with Crippen LogP contribution in [0.15, 0.2) is 24.3 Å². The minimum absolute atomic E-state index is 0.240. The maximum atomic E-state index is 12.9. The zero-order valence-electron chi connectivity index (χ0n) is 12.6. The van der Waals surface area contributed by atoms with Crippen LogP contribution in [0.25, 0.3) is 0 Å². The monoisotopic (exact) mass is 282 g/mol. The van der Waals surface area contributed by atoms with Gasteiger partial charge in [-0.1, -0.05) is 0 Å². The third-order valence-corrected chi connectivity index (χ3v) is 3.63. The highest BCUT2D eigenvalue weighted by Crippen LogP contribution is 2.17. The lowest BCUT2D eigenvalue weighted by Crippen LogP contribution is -2.48. The molecule has 1 aromatic carbocycles. The summed E-state index contributed by atoms with van der Waals surface area (Å²) in [7, 11) is 5.09. The van der Waals surface area contributed by atoms with Gasteiger partial charge < -0.3 is 15.0 Å². The number of nitrogens with zero attached hydrogens (tertiary/aromatic N) is 1. The van der Waals surface area contributed by atoms with Crippen LogP contribution in [-0.4, -0.2) is 39.3 Å². The van der Waals surface area contributed by atoms with Crippen molar-refractivity contribution in [3.8, 4) is 0 Å². The first-order chi connectivity index (χ1) is 9.42. The second kappa shape index (κ2) is 7.24. The van der Waals surface area contributed by atoms with Gasteiger partial charge in [0.1, 0.15) is 11.4 Å². The summed E-state index contributed by atoms with van der Waals surface area (Å²) in [5.41, 5.74) is 0.286. The molecule has 0 heterocycles. The van der Waals surface area contributed by atoms with Crippen molar-refractivity contribution in [2.75, 3.05) is 32.6 Å².